The Labute approximate surface area is 104 Å². The highest BCUT2D eigenvalue weighted by Crippen LogP contribution is 2.42. The predicted molar refractivity (Wildman–Crippen MR) is 68.3 cm³/mol. The van der Waals surface area contributed by atoms with Gasteiger partial charge in [-0.15, -0.1) is 0 Å². The predicted octanol–water partition coefficient (Wildman–Crippen LogP) is 1.42. The molecular weight excluding hydrogens is 216 g/mol. The number of hydrogen-bond acceptors (Lipinski definition) is 3. The van der Waals surface area contributed by atoms with E-state index in [2.05, 4.69) is 20.8 Å². The lowest BCUT2D eigenvalue weighted by Crippen LogP contribution is -2.46. The number of hydrogen-bond donors (Lipinski definition) is 2. The summed E-state index contributed by atoms with van der Waals surface area (Å²) in [6.45, 7) is 7.28. The number of primary amides is 1. The van der Waals surface area contributed by atoms with Gasteiger partial charge in [0, 0.05) is 6.54 Å². The summed E-state index contributed by atoms with van der Waals surface area (Å²) >= 11 is 0. The third kappa shape index (κ3) is 3.96. The van der Waals surface area contributed by atoms with Crippen LogP contribution in [-0.4, -0.2) is 24.7 Å². The molecule has 1 aliphatic rings. The molecule has 1 saturated carbocycles. The van der Waals surface area contributed by atoms with Crippen molar-refractivity contribution in [3.05, 3.63) is 0 Å². The summed E-state index contributed by atoms with van der Waals surface area (Å²) in [5.41, 5.74) is 10.9. The van der Waals surface area contributed by atoms with Crippen molar-refractivity contribution < 1.29 is 9.53 Å². The van der Waals surface area contributed by atoms with Gasteiger partial charge in [-0.1, -0.05) is 20.8 Å². The molecule has 4 nitrogen and oxygen atoms in total. The third-order valence-corrected chi connectivity index (χ3v) is 4.01. The van der Waals surface area contributed by atoms with Crippen molar-refractivity contribution in [2.45, 2.75) is 52.1 Å². The molecule has 1 amide bonds. The Morgan fingerprint density at radius 1 is 1.35 bits per heavy atom. The minimum Gasteiger partial charge on any atom is -0.368 e. The molecule has 0 heterocycles. The van der Waals surface area contributed by atoms with E-state index in [0.717, 1.165) is 25.7 Å². The molecule has 0 atom stereocenters. The second kappa shape index (κ2) is 5.36. The summed E-state index contributed by atoms with van der Waals surface area (Å²) in [7, 11) is 0. The van der Waals surface area contributed by atoms with Crippen molar-refractivity contribution in [3.8, 4) is 0 Å². The van der Waals surface area contributed by atoms with Crippen molar-refractivity contribution in [1.29, 1.82) is 0 Å². The van der Waals surface area contributed by atoms with Crippen LogP contribution in [0.25, 0.3) is 0 Å². The smallest absolute Gasteiger partial charge is 0.243 e. The van der Waals surface area contributed by atoms with E-state index in [1.165, 1.54) is 0 Å². The third-order valence-electron chi connectivity index (χ3n) is 4.01. The van der Waals surface area contributed by atoms with Gasteiger partial charge in [0.15, 0.2) is 0 Å². The van der Waals surface area contributed by atoms with Gasteiger partial charge in [-0.3, -0.25) is 4.79 Å². The van der Waals surface area contributed by atoms with Gasteiger partial charge in [-0.25, -0.2) is 0 Å². The van der Waals surface area contributed by atoms with Gasteiger partial charge in [0.05, 0.1) is 5.60 Å². The molecule has 0 aliphatic heterocycles. The fourth-order valence-corrected chi connectivity index (χ4v) is 2.64. The summed E-state index contributed by atoms with van der Waals surface area (Å²) in [6, 6.07) is 0. The number of carbonyl (C=O) groups excluding carboxylic acids is 1. The maximum atomic E-state index is 10.8. The molecule has 1 fully saturated rings. The molecule has 0 radical (unpaired) electrons. The molecule has 0 unspecified atom stereocenters. The summed E-state index contributed by atoms with van der Waals surface area (Å²) < 4.78 is 5.64. The number of carbonyl (C=O) groups is 1. The van der Waals surface area contributed by atoms with Crippen LogP contribution in [0.5, 0.6) is 0 Å². The van der Waals surface area contributed by atoms with Gasteiger partial charge in [0.25, 0.3) is 0 Å². The average molecular weight is 242 g/mol. The van der Waals surface area contributed by atoms with Gasteiger partial charge in [-0.2, -0.15) is 0 Å². The van der Waals surface area contributed by atoms with Crippen molar-refractivity contribution >= 4 is 5.91 Å². The van der Waals surface area contributed by atoms with Crippen LogP contribution >= 0.6 is 0 Å². The molecule has 4 heteroatoms. The normalized spacial score (nSPS) is 30.2. The lowest BCUT2D eigenvalue weighted by Gasteiger charge is -2.43. The Morgan fingerprint density at radius 2 is 1.88 bits per heavy atom. The zero-order valence-corrected chi connectivity index (χ0v) is 11.3. The SMILES string of the molecule is CC(C)(C)C1CCC(CN)(OCC(N)=O)CC1. The van der Waals surface area contributed by atoms with Crippen molar-refractivity contribution in [1.82, 2.24) is 0 Å². The fourth-order valence-electron chi connectivity index (χ4n) is 2.64. The van der Waals surface area contributed by atoms with E-state index in [-0.39, 0.29) is 12.2 Å². The highest BCUT2D eigenvalue weighted by atomic mass is 16.5. The highest BCUT2D eigenvalue weighted by molar-refractivity contribution is 5.75. The van der Waals surface area contributed by atoms with Crippen LogP contribution in [0.2, 0.25) is 0 Å². The Bertz CT molecular complexity index is 263. The number of rotatable bonds is 4. The highest BCUT2D eigenvalue weighted by Gasteiger charge is 2.38. The molecule has 1 aliphatic carbocycles. The summed E-state index contributed by atoms with van der Waals surface area (Å²) in [5.74, 6) is 0.287. The van der Waals surface area contributed by atoms with Crippen LogP contribution in [0, 0.1) is 11.3 Å². The van der Waals surface area contributed by atoms with Crippen LogP contribution in [0.4, 0.5) is 0 Å². The molecule has 0 aromatic rings. The van der Waals surface area contributed by atoms with E-state index >= 15 is 0 Å². The molecule has 0 aromatic heterocycles. The molecule has 0 bridgehead atoms. The molecule has 4 N–H and O–H groups in total. The standard InChI is InChI=1S/C13H26N2O2/c1-12(2,3)10-4-6-13(9-14,7-5-10)17-8-11(15)16/h10H,4-9,14H2,1-3H3,(H2,15,16). The van der Waals surface area contributed by atoms with Gasteiger partial charge in [0.2, 0.25) is 5.91 Å². The van der Waals surface area contributed by atoms with Gasteiger partial charge < -0.3 is 16.2 Å². The van der Waals surface area contributed by atoms with E-state index in [1.54, 1.807) is 0 Å². The zero-order valence-electron chi connectivity index (χ0n) is 11.3. The first kappa shape index (κ1) is 14.5. The Balaban J connectivity index is 2.54. The van der Waals surface area contributed by atoms with Crippen LogP contribution in [0.1, 0.15) is 46.5 Å². The molecule has 0 aromatic carbocycles. The number of nitrogens with two attached hydrogens (primary N) is 2. The molecule has 17 heavy (non-hydrogen) atoms. The largest absolute Gasteiger partial charge is 0.368 e. The second-order valence-electron chi connectivity index (χ2n) is 6.28. The maximum absolute atomic E-state index is 10.8. The monoisotopic (exact) mass is 242 g/mol. The van der Waals surface area contributed by atoms with E-state index in [0.29, 0.717) is 17.9 Å². The topological polar surface area (TPSA) is 78.3 Å². The summed E-state index contributed by atoms with van der Waals surface area (Å²) in [4.78, 5) is 10.8. The van der Waals surface area contributed by atoms with E-state index in [1.807, 2.05) is 0 Å². The van der Waals surface area contributed by atoms with E-state index in [4.69, 9.17) is 16.2 Å². The molecule has 100 valence electrons. The fraction of sp³-hybridized carbons (Fsp3) is 0.923. The van der Waals surface area contributed by atoms with Crippen LogP contribution in [0.15, 0.2) is 0 Å². The van der Waals surface area contributed by atoms with Gasteiger partial charge in [-0.05, 0) is 37.0 Å². The lowest BCUT2D eigenvalue weighted by atomic mass is 9.68. The zero-order chi connectivity index (χ0) is 13.1. The summed E-state index contributed by atoms with van der Waals surface area (Å²) in [6.07, 6.45) is 4.08. The number of ether oxygens (including phenoxy) is 1. The summed E-state index contributed by atoms with van der Waals surface area (Å²) in [5, 5.41) is 0. The molecular formula is C13H26N2O2. The van der Waals surface area contributed by atoms with Gasteiger partial charge in [0.1, 0.15) is 6.61 Å². The van der Waals surface area contributed by atoms with E-state index in [9.17, 15) is 4.79 Å². The van der Waals surface area contributed by atoms with Crippen LogP contribution < -0.4 is 11.5 Å². The van der Waals surface area contributed by atoms with Gasteiger partial charge >= 0.3 is 0 Å². The van der Waals surface area contributed by atoms with Crippen molar-refractivity contribution in [3.63, 3.8) is 0 Å². The first-order valence-corrected chi connectivity index (χ1v) is 6.41. The van der Waals surface area contributed by atoms with E-state index < -0.39 is 5.91 Å². The second-order valence-corrected chi connectivity index (χ2v) is 6.28. The maximum Gasteiger partial charge on any atom is 0.243 e. The Hall–Kier alpha value is -0.610. The first-order chi connectivity index (χ1) is 7.79. The van der Waals surface area contributed by atoms with Crippen molar-refractivity contribution in [2.24, 2.45) is 22.8 Å². The Morgan fingerprint density at radius 3 is 2.24 bits per heavy atom. The Kier molecular flexibility index (Phi) is 4.55. The molecule has 0 saturated heterocycles. The van der Waals surface area contributed by atoms with Crippen LogP contribution in [0.3, 0.4) is 0 Å². The van der Waals surface area contributed by atoms with Crippen LogP contribution in [-0.2, 0) is 9.53 Å². The minimum absolute atomic E-state index is 0.0165. The first-order valence-electron chi connectivity index (χ1n) is 6.41. The lowest BCUT2D eigenvalue weighted by molar-refractivity contribution is -0.134. The van der Waals surface area contributed by atoms with Crippen molar-refractivity contribution in [2.75, 3.05) is 13.2 Å². The minimum atomic E-state index is -0.421. The number of amides is 1. The molecule has 0 spiro atoms. The average Bonchev–Trinajstić information content (AvgIpc) is 2.26. The quantitative estimate of drug-likeness (QED) is 0.782. The molecule has 1 rings (SSSR count).